The van der Waals surface area contributed by atoms with Crippen LogP contribution in [0.25, 0.3) is 0 Å². The van der Waals surface area contributed by atoms with Crippen molar-refractivity contribution in [2.24, 2.45) is 0 Å². The zero-order chi connectivity index (χ0) is 15.9. The Labute approximate surface area is 128 Å². The second-order valence-electron chi connectivity index (χ2n) is 5.34. The van der Waals surface area contributed by atoms with E-state index in [1.807, 2.05) is 0 Å². The molecule has 1 atom stereocenters. The fraction of sp³-hybridized carbons (Fsp3) is 0.500. The monoisotopic (exact) mass is 309 g/mol. The van der Waals surface area contributed by atoms with Gasteiger partial charge in [0.25, 0.3) is 5.91 Å². The summed E-state index contributed by atoms with van der Waals surface area (Å²) in [6.07, 6.45) is 3.24. The van der Waals surface area contributed by atoms with E-state index in [4.69, 9.17) is 9.47 Å². The van der Waals surface area contributed by atoms with Gasteiger partial charge in [0.2, 0.25) is 0 Å². The highest BCUT2D eigenvalue weighted by atomic mass is 19.1. The van der Waals surface area contributed by atoms with E-state index in [0.29, 0.717) is 0 Å². The fourth-order valence-corrected chi connectivity index (χ4v) is 2.37. The van der Waals surface area contributed by atoms with Gasteiger partial charge in [-0.2, -0.15) is 0 Å². The number of carbonyl (C=O) groups excluding carboxylic acids is 2. The normalized spacial score (nSPS) is 16.1. The number of esters is 1. The molecule has 1 aliphatic rings. The Morgan fingerprint density at radius 1 is 1.32 bits per heavy atom. The molecule has 0 aliphatic heterocycles. The molecule has 0 radical (unpaired) electrons. The van der Waals surface area contributed by atoms with E-state index in [-0.39, 0.29) is 17.7 Å². The molecule has 120 valence electrons. The molecule has 0 bridgehead atoms. The van der Waals surface area contributed by atoms with Crippen molar-refractivity contribution in [3.05, 3.63) is 30.1 Å². The Kier molecular flexibility index (Phi) is 5.75. The third-order valence-electron chi connectivity index (χ3n) is 3.56. The molecule has 0 unspecified atom stereocenters. The summed E-state index contributed by atoms with van der Waals surface area (Å²) in [5, 5.41) is 2.85. The third-order valence-corrected chi connectivity index (χ3v) is 3.56. The van der Waals surface area contributed by atoms with Crippen LogP contribution >= 0.6 is 0 Å². The molecule has 1 N–H and O–H groups in total. The maximum Gasteiger partial charge on any atom is 0.344 e. The summed E-state index contributed by atoms with van der Waals surface area (Å²) in [5.74, 6) is -1.60. The zero-order valence-electron chi connectivity index (χ0n) is 12.5. The largest absolute Gasteiger partial charge is 0.479 e. The van der Waals surface area contributed by atoms with Gasteiger partial charge in [0.1, 0.15) is 0 Å². The number of hydrogen-bond donors (Lipinski definition) is 1. The third kappa shape index (κ3) is 4.72. The van der Waals surface area contributed by atoms with Crippen LogP contribution in [0.3, 0.4) is 0 Å². The van der Waals surface area contributed by atoms with Crippen LogP contribution in [-0.2, 0) is 14.3 Å². The highest BCUT2D eigenvalue weighted by Gasteiger charge is 2.23. The molecular weight excluding hydrogens is 289 g/mol. The van der Waals surface area contributed by atoms with E-state index in [1.54, 1.807) is 6.07 Å². The number of hydrogen-bond acceptors (Lipinski definition) is 4. The van der Waals surface area contributed by atoms with Gasteiger partial charge in [0, 0.05) is 6.04 Å². The molecule has 1 saturated carbocycles. The lowest BCUT2D eigenvalue weighted by Gasteiger charge is -2.17. The first-order valence-electron chi connectivity index (χ1n) is 7.43. The highest BCUT2D eigenvalue weighted by molar-refractivity contribution is 5.83. The standard InChI is InChI=1S/C16H20FNO4/c1-11(16(20)18-12-6-2-3-7-12)22-15(19)10-21-14-9-5-4-8-13(14)17/h4-5,8-9,11-12H,2-3,6-7,10H2,1H3,(H,18,20)/t11-/m0/s1. The highest BCUT2D eigenvalue weighted by Crippen LogP contribution is 2.18. The lowest BCUT2D eigenvalue weighted by Crippen LogP contribution is -2.41. The number of ether oxygens (including phenoxy) is 2. The van der Waals surface area contributed by atoms with Crippen LogP contribution in [0.15, 0.2) is 24.3 Å². The van der Waals surface area contributed by atoms with Crippen LogP contribution in [0.2, 0.25) is 0 Å². The molecule has 22 heavy (non-hydrogen) atoms. The number of benzene rings is 1. The lowest BCUT2D eigenvalue weighted by molar-refractivity contribution is -0.156. The molecule has 0 aromatic heterocycles. The van der Waals surface area contributed by atoms with Crippen molar-refractivity contribution in [1.29, 1.82) is 0 Å². The number of halogens is 1. The van der Waals surface area contributed by atoms with Crippen molar-refractivity contribution in [2.45, 2.75) is 44.8 Å². The molecule has 1 aromatic rings. The molecule has 1 amide bonds. The predicted molar refractivity (Wildman–Crippen MR) is 77.8 cm³/mol. The number of nitrogens with one attached hydrogen (secondary N) is 1. The van der Waals surface area contributed by atoms with E-state index in [1.165, 1.54) is 25.1 Å². The molecular formula is C16H20FNO4. The molecule has 1 aliphatic carbocycles. The average Bonchev–Trinajstić information content (AvgIpc) is 2.99. The van der Waals surface area contributed by atoms with E-state index in [2.05, 4.69) is 5.32 Å². The maximum atomic E-state index is 13.3. The van der Waals surface area contributed by atoms with Gasteiger partial charge in [-0.25, -0.2) is 9.18 Å². The number of amides is 1. The second-order valence-corrected chi connectivity index (χ2v) is 5.34. The van der Waals surface area contributed by atoms with Gasteiger partial charge in [0.05, 0.1) is 0 Å². The Balaban J connectivity index is 1.73. The lowest BCUT2D eigenvalue weighted by atomic mass is 10.2. The molecule has 1 fully saturated rings. The van der Waals surface area contributed by atoms with Gasteiger partial charge >= 0.3 is 5.97 Å². The van der Waals surface area contributed by atoms with E-state index < -0.39 is 24.5 Å². The first-order valence-corrected chi connectivity index (χ1v) is 7.43. The summed E-state index contributed by atoms with van der Waals surface area (Å²) in [6, 6.07) is 5.94. The minimum atomic E-state index is -0.891. The topological polar surface area (TPSA) is 64.6 Å². The van der Waals surface area contributed by atoms with Crippen LogP contribution in [0.1, 0.15) is 32.6 Å². The van der Waals surface area contributed by atoms with Gasteiger partial charge < -0.3 is 14.8 Å². The Morgan fingerprint density at radius 3 is 2.68 bits per heavy atom. The van der Waals surface area contributed by atoms with Crippen molar-refractivity contribution in [3.8, 4) is 5.75 Å². The van der Waals surface area contributed by atoms with Crippen molar-refractivity contribution >= 4 is 11.9 Å². The fourth-order valence-electron chi connectivity index (χ4n) is 2.37. The molecule has 0 spiro atoms. The molecule has 6 heteroatoms. The first-order chi connectivity index (χ1) is 10.6. The summed E-state index contributed by atoms with van der Waals surface area (Å²) < 4.78 is 23.3. The van der Waals surface area contributed by atoms with E-state index in [0.717, 1.165) is 25.7 Å². The van der Waals surface area contributed by atoms with E-state index in [9.17, 15) is 14.0 Å². The van der Waals surface area contributed by atoms with Gasteiger partial charge in [0.15, 0.2) is 24.3 Å². The molecule has 2 rings (SSSR count). The maximum absolute atomic E-state index is 13.3. The quantitative estimate of drug-likeness (QED) is 0.818. The van der Waals surface area contributed by atoms with E-state index >= 15 is 0 Å². The Bertz CT molecular complexity index is 529. The van der Waals surface area contributed by atoms with Crippen molar-refractivity contribution < 1.29 is 23.5 Å². The minimum absolute atomic E-state index is 0.0255. The van der Waals surface area contributed by atoms with Crippen LogP contribution in [0, 0.1) is 5.82 Å². The summed E-state index contributed by atoms with van der Waals surface area (Å²) in [6.45, 7) is 1.06. The molecule has 1 aromatic carbocycles. The number of rotatable bonds is 6. The second kappa shape index (κ2) is 7.77. The minimum Gasteiger partial charge on any atom is -0.479 e. The predicted octanol–water partition coefficient (Wildman–Crippen LogP) is 2.20. The van der Waals surface area contributed by atoms with Crippen LogP contribution in [0.4, 0.5) is 4.39 Å². The van der Waals surface area contributed by atoms with Crippen LogP contribution in [0.5, 0.6) is 5.75 Å². The van der Waals surface area contributed by atoms with Crippen molar-refractivity contribution in [2.75, 3.05) is 6.61 Å². The van der Waals surface area contributed by atoms with Gasteiger partial charge in [-0.05, 0) is 31.9 Å². The number of carbonyl (C=O) groups is 2. The van der Waals surface area contributed by atoms with Gasteiger partial charge in [-0.1, -0.05) is 25.0 Å². The summed E-state index contributed by atoms with van der Waals surface area (Å²) in [5.41, 5.74) is 0. The van der Waals surface area contributed by atoms with Gasteiger partial charge in [-0.3, -0.25) is 4.79 Å². The summed E-state index contributed by atoms with van der Waals surface area (Å²) in [4.78, 5) is 23.5. The number of para-hydroxylation sites is 1. The zero-order valence-corrected chi connectivity index (χ0v) is 12.5. The Morgan fingerprint density at radius 2 is 2.00 bits per heavy atom. The average molecular weight is 309 g/mol. The van der Waals surface area contributed by atoms with Crippen LogP contribution < -0.4 is 10.1 Å². The summed E-state index contributed by atoms with van der Waals surface area (Å²) in [7, 11) is 0. The summed E-state index contributed by atoms with van der Waals surface area (Å²) >= 11 is 0. The molecule has 0 saturated heterocycles. The van der Waals surface area contributed by atoms with Crippen molar-refractivity contribution in [1.82, 2.24) is 5.32 Å². The van der Waals surface area contributed by atoms with Crippen LogP contribution in [-0.4, -0.2) is 30.6 Å². The first kappa shape index (κ1) is 16.3. The SMILES string of the molecule is C[C@H](OC(=O)COc1ccccc1F)C(=O)NC1CCCC1. The Hall–Kier alpha value is -2.11. The molecule has 0 heterocycles. The molecule has 5 nitrogen and oxygen atoms in total. The smallest absolute Gasteiger partial charge is 0.344 e. The van der Waals surface area contributed by atoms with Gasteiger partial charge in [-0.15, -0.1) is 0 Å². The van der Waals surface area contributed by atoms with Crippen molar-refractivity contribution in [3.63, 3.8) is 0 Å².